The van der Waals surface area contributed by atoms with Gasteiger partial charge in [-0.1, -0.05) is 42.8 Å². The Balaban J connectivity index is 2.24. The van der Waals surface area contributed by atoms with Gasteiger partial charge in [-0.3, -0.25) is 10.1 Å². The van der Waals surface area contributed by atoms with Gasteiger partial charge in [0.15, 0.2) is 6.61 Å². The number of unbranched alkanes of at least 4 members (excludes halogenated alkanes) is 1. The third-order valence-electron chi connectivity index (χ3n) is 2.72. The van der Waals surface area contributed by atoms with Gasteiger partial charge in [0.05, 0.1) is 6.21 Å². The van der Waals surface area contributed by atoms with Crippen LogP contribution >= 0.6 is 0 Å². The summed E-state index contributed by atoms with van der Waals surface area (Å²) in [5.41, 5.74) is 1.97. The summed E-state index contributed by atoms with van der Waals surface area (Å²) in [6.45, 7) is 4.21. The molecule has 0 fully saturated rings. The molecule has 114 valence electrons. The number of oxime groups is 1. The topological polar surface area (TPSA) is 79.8 Å². The van der Waals surface area contributed by atoms with Crippen LogP contribution < -0.4 is 10.6 Å². The molecular weight excluding hydrogens is 270 g/mol. The summed E-state index contributed by atoms with van der Waals surface area (Å²) in [5.74, 6) is -0.536. The Bertz CT molecular complexity index is 501. The van der Waals surface area contributed by atoms with E-state index < -0.39 is 11.9 Å². The van der Waals surface area contributed by atoms with Gasteiger partial charge in [-0.2, -0.15) is 0 Å². The number of carbonyl (C=O) groups is 2. The molecule has 0 aliphatic heterocycles. The zero-order valence-corrected chi connectivity index (χ0v) is 12.4. The highest BCUT2D eigenvalue weighted by Gasteiger charge is 2.06. The molecule has 0 unspecified atom stereocenters. The maximum absolute atomic E-state index is 11.4. The van der Waals surface area contributed by atoms with Crippen LogP contribution in [0, 0.1) is 6.92 Å². The van der Waals surface area contributed by atoms with Crippen LogP contribution in [0.25, 0.3) is 0 Å². The summed E-state index contributed by atoms with van der Waals surface area (Å²) in [6.07, 6.45) is 3.38. The molecule has 1 aromatic carbocycles. The van der Waals surface area contributed by atoms with Crippen molar-refractivity contribution in [1.29, 1.82) is 0 Å². The first-order valence-corrected chi connectivity index (χ1v) is 6.92. The van der Waals surface area contributed by atoms with Crippen molar-refractivity contribution in [3.8, 4) is 0 Å². The van der Waals surface area contributed by atoms with E-state index in [4.69, 9.17) is 4.84 Å². The number of nitrogens with one attached hydrogen (secondary N) is 2. The molecule has 1 aromatic rings. The molecule has 0 saturated carbocycles. The van der Waals surface area contributed by atoms with E-state index in [-0.39, 0.29) is 6.61 Å². The van der Waals surface area contributed by atoms with Crippen molar-refractivity contribution >= 4 is 18.2 Å². The molecule has 0 radical (unpaired) electrons. The van der Waals surface area contributed by atoms with Gasteiger partial charge in [0, 0.05) is 6.54 Å². The van der Waals surface area contributed by atoms with Gasteiger partial charge in [0.1, 0.15) is 0 Å². The molecule has 1 rings (SSSR count). The first-order valence-electron chi connectivity index (χ1n) is 6.92. The van der Waals surface area contributed by atoms with Gasteiger partial charge < -0.3 is 10.2 Å². The first-order chi connectivity index (χ1) is 10.1. The predicted molar refractivity (Wildman–Crippen MR) is 81.2 cm³/mol. The van der Waals surface area contributed by atoms with Gasteiger partial charge >= 0.3 is 6.03 Å². The fraction of sp³-hybridized carbons (Fsp3) is 0.400. The monoisotopic (exact) mass is 291 g/mol. The maximum Gasteiger partial charge on any atom is 0.321 e. The Labute approximate surface area is 124 Å². The van der Waals surface area contributed by atoms with Crippen LogP contribution in [0.1, 0.15) is 30.9 Å². The minimum absolute atomic E-state index is 0.302. The number of nitrogens with zero attached hydrogens (tertiary/aromatic N) is 1. The van der Waals surface area contributed by atoms with Crippen LogP contribution in [0.15, 0.2) is 29.4 Å². The van der Waals surface area contributed by atoms with Gasteiger partial charge in [0.25, 0.3) is 5.91 Å². The van der Waals surface area contributed by atoms with Crippen molar-refractivity contribution in [3.63, 3.8) is 0 Å². The van der Waals surface area contributed by atoms with E-state index >= 15 is 0 Å². The quantitative estimate of drug-likeness (QED) is 0.458. The van der Waals surface area contributed by atoms with Crippen LogP contribution in [0.3, 0.4) is 0 Å². The largest absolute Gasteiger partial charge is 0.386 e. The summed E-state index contributed by atoms with van der Waals surface area (Å²) in [6, 6.07) is 7.15. The highest BCUT2D eigenvalue weighted by Crippen LogP contribution is 2.03. The minimum Gasteiger partial charge on any atom is -0.386 e. The van der Waals surface area contributed by atoms with Crippen molar-refractivity contribution in [3.05, 3.63) is 35.4 Å². The average molecular weight is 291 g/mol. The van der Waals surface area contributed by atoms with Crippen molar-refractivity contribution in [1.82, 2.24) is 10.6 Å². The normalized spacial score (nSPS) is 10.4. The number of urea groups is 1. The molecule has 0 heterocycles. The van der Waals surface area contributed by atoms with Crippen molar-refractivity contribution in [2.24, 2.45) is 5.16 Å². The lowest BCUT2D eigenvalue weighted by molar-refractivity contribution is -0.124. The van der Waals surface area contributed by atoms with Gasteiger partial charge in [-0.15, -0.1) is 0 Å². The van der Waals surface area contributed by atoms with E-state index in [9.17, 15) is 9.59 Å². The van der Waals surface area contributed by atoms with Crippen molar-refractivity contribution in [2.45, 2.75) is 26.7 Å². The van der Waals surface area contributed by atoms with Crippen molar-refractivity contribution < 1.29 is 14.4 Å². The second-order valence-electron chi connectivity index (χ2n) is 4.52. The molecular formula is C15H21N3O3. The lowest BCUT2D eigenvalue weighted by Crippen LogP contribution is -2.41. The number of imide groups is 1. The molecule has 6 nitrogen and oxygen atoms in total. The number of rotatable bonds is 7. The number of hydrogen-bond acceptors (Lipinski definition) is 4. The molecule has 0 aromatic heterocycles. The fourth-order valence-electron chi connectivity index (χ4n) is 1.51. The number of amides is 3. The number of carbonyl (C=O) groups excluding carboxylic acids is 2. The van der Waals surface area contributed by atoms with E-state index in [1.165, 1.54) is 6.21 Å². The molecule has 0 aliphatic carbocycles. The second-order valence-corrected chi connectivity index (χ2v) is 4.52. The predicted octanol–water partition coefficient (Wildman–Crippen LogP) is 1.97. The lowest BCUT2D eigenvalue weighted by atomic mass is 10.1. The van der Waals surface area contributed by atoms with E-state index in [1.807, 2.05) is 38.1 Å². The SMILES string of the molecule is CCCCNC(=O)NC(=O)CO/N=C\c1ccccc1C. The van der Waals surface area contributed by atoms with E-state index in [0.717, 1.165) is 24.0 Å². The van der Waals surface area contributed by atoms with Crippen LogP contribution in [-0.4, -0.2) is 31.3 Å². The molecule has 0 bridgehead atoms. The summed E-state index contributed by atoms with van der Waals surface area (Å²) < 4.78 is 0. The number of aryl methyl sites for hydroxylation is 1. The van der Waals surface area contributed by atoms with Crippen LogP contribution in [0.4, 0.5) is 4.79 Å². The molecule has 0 spiro atoms. The van der Waals surface area contributed by atoms with Gasteiger partial charge in [0.2, 0.25) is 0 Å². The highest BCUT2D eigenvalue weighted by atomic mass is 16.6. The summed E-state index contributed by atoms with van der Waals surface area (Å²) in [4.78, 5) is 27.5. The summed E-state index contributed by atoms with van der Waals surface area (Å²) >= 11 is 0. The molecule has 6 heteroatoms. The van der Waals surface area contributed by atoms with Crippen LogP contribution in [0.2, 0.25) is 0 Å². The number of hydrogen-bond donors (Lipinski definition) is 2. The Morgan fingerprint density at radius 3 is 2.81 bits per heavy atom. The Kier molecular flexibility index (Phi) is 7.56. The minimum atomic E-state index is -0.536. The smallest absolute Gasteiger partial charge is 0.321 e. The maximum atomic E-state index is 11.4. The van der Waals surface area contributed by atoms with Crippen LogP contribution in [0.5, 0.6) is 0 Å². The first kappa shape index (κ1) is 16.7. The number of benzene rings is 1. The zero-order chi connectivity index (χ0) is 15.5. The fourth-order valence-corrected chi connectivity index (χ4v) is 1.51. The molecule has 0 saturated heterocycles. The third-order valence-corrected chi connectivity index (χ3v) is 2.72. The highest BCUT2D eigenvalue weighted by molar-refractivity contribution is 5.94. The summed E-state index contributed by atoms with van der Waals surface area (Å²) in [7, 11) is 0. The molecule has 0 aliphatic rings. The molecule has 0 atom stereocenters. The van der Waals surface area contributed by atoms with Crippen LogP contribution in [-0.2, 0) is 9.63 Å². The van der Waals surface area contributed by atoms with Gasteiger partial charge in [-0.05, 0) is 24.5 Å². The summed E-state index contributed by atoms with van der Waals surface area (Å²) in [5, 5.41) is 8.44. The average Bonchev–Trinajstić information content (AvgIpc) is 2.45. The van der Waals surface area contributed by atoms with E-state index in [1.54, 1.807) is 0 Å². The van der Waals surface area contributed by atoms with Gasteiger partial charge in [-0.25, -0.2) is 4.79 Å². The molecule has 21 heavy (non-hydrogen) atoms. The molecule has 2 N–H and O–H groups in total. The third kappa shape index (κ3) is 7.10. The standard InChI is InChI=1S/C15H21N3O3/c1-3-4-9-16-15(20)18-14(19)11-21-17-10-13-8-6-5-7-12(13)2/h5-8,10H,3-4,9,11H2,1-2H3,(H2,16,18,19,20)/b17-10-. The molecule has 3 amide bonds. The van der Waals surface area contributed by atoms with E-state index in [0.29, 0.717) is 6.54 Å². The Hall–Kier alpha value is -2.37. The lowest BCUT2D eigenvalue weighted by Gasteiger charge is -2.05. The van der Waals surface area contributed by atoms with E-state index in [2.05, 4.69) is 15.8 Å². The Morgan fingerprint density at radius 2 is 2.10 bits per heavy atom. The van der Waals surface area contributed by atoms with Crippen molar-refractivity contribution in [2.75, 3.05) is 13.2 Å². The second kappa shape index (κ2) is 9.52. The zero-order valence-electron chi connectivity index (χ0n) is 12.4. The Morgan fingerprint density at radius 1 is 1.33 bits per heavy atom.